The Hall–Kier alpha value is -0.470. The second-order valence-electron chi connectivity index (χ2n) is 3.82. The van der Waals surface area contributed by atoms with Gasteiger partial charge in [0, 0.05) is 0 Å². The average Bonchev–Trinajstić information content (AvgIpc) is 2.31. The zero-order valence-electron chi connectivity index (χ0n) is 8.28. The van der Waals surface area contributed by atoms with Crippen molar-refractivity contribution in [1.29, 1.82) is 0 Å². The topological polar surface area (TPSA) is 20.2 Å². The fourth-order valence-electron chi connectivity index (χ4n) is 2.04. The predicted octanol–water partition coefficient (Wildman–Crippen LogP) is 2.79. The summed E-state index contributed by atoms with van der Waals surface area (Å²) in [5, 5.41) is 9.57. The maximum absolute atomic E-state index is 9.57. The lowest BCUT2D eigenvalue weighted by Gasteiger charge is -2.35. The number of aliphatic hydroxyl groups is 1. The first-order chi connectivity index (χ1) is 6.87. The van der Waals surface area contributed by atoms with Crippen molar-refractivity contribution in [3.8, 4) is 0 Å². The molecule has 1 aliphatic rings. The van der Waals surface area contributed by atoms with Gasteiger partial charge in [-0.15, -0.1) is 11.8 Å². The molecule has 0 amide bonds. The second-order valence-corrected chi connectivity index (χ2v) is 5.30. The molecule has 1 aromatic rings. The second kappa shape index (κ2) is 4.37. The first kappa shape index (κ1) is 10.1. The fourth-order valence-corrected chi connectivity index (χ4v) is 3.46. The lowest BCUT2D eigenvalue weighted by Crippen LogP contribution is -2.29. The van der Waals surface area contributed by atoms with Crippen molar-refractivity contribution in [2.45, 2.75) is 24.0 Å². The van der Waals surface area contributed by atoms with Crippen molar-refractivity contribution in [2.24, 2.45) is 0 Å². The zero-order chi connectivity index (χ0) is 9.86. The Morgan fingerprint density at radius 1 is 1.21 bits per heavy atom. The van der Waals surface area contributed by atoms with Crippen LogP contribution in [-0.4, -0.2) is 17.5 Å². The van der Waals surface area contributed by atoms with Gasteiger partial charge in [0.15, 0.2) is 0 Å². The maximum Gasteiger partial charge on any atom is 0.0638 e. The Morgan fingerprint density at radius 3 is 2.57 bits per heavy atom. The van der Waals surface area contributed by atoms with Crippen molar-refractivity contribution < 1.29 is 5.11 Å². The molecule has 0 saturated carbocycles. The molecule has 1 saturated heterocycles. The first-order valence-electron chi connectivity index (χ1n) is 5.18. The molecule has 1 fully saturated rings. The van der Waals surface area contributed by atoms with Crippen LogP contribution in [0.4, 0.5) is 0 Å². The van der Waals surface area contributed by atoms with E-state index >= 15 is 0 Å². The van der Waals surface area contributed by atoms with E-state index in [1.807, 2.05) is 17.8 Å². The van der Waals surface area contributed by atoms with Gasteiger partial charge in [-0.2, -0.15) is 0 Å². The van der Waals surface area contributed by atoms with Crippen LogP contribution >= 0.6 is 11.8 Å². The minimum atomic E-state index is -0.0144. The largest absolute Gasteiger partial charge is 0.395 e. The summed E-state index contributed by atoms with van der Waals surface area (Å²) < 4.78 is -0.0144. The fraction of sp³-hybridized carbons (Fsp3) is 0.500. The normalized spacial score (nSPS) is 27.5. The smallest absolute Gasteiger partial charge is 0.0638 e. The molecule has 0 radical (unpaired) electrons. The van der Waals surface area contributed by atoms with Crippen molar-refractivity contribution >= 4 is 11.8 Å². The summed E-state index contributed by atoms with van der Waals surface area (Å²) in [5.74, 6) is 1.18. The van der Waals surface area contributed by atoms with Crippen LogP contribution in [0.25, 0.3) is 0 Å². The zero-order valence-corrected chi connectivity index (χ0v) is 9.09. The third kappa shape index (κ3) is 1.82. The third-order valence-corrected chi connectivity index (χ3v) is 4.52. The molecular formula is C12H16OS. The van der Waals surface area contributed by atoms with E-state index in [0.717, 1.165) is 6.42 Å². The van der Waals surface area contributed by atoms with Gasteiger partial charge in [0.25, 0.3) is 0 Å². The first-order valence-corrected chi connectivity index (χ1v) is 6.16. The number of thioether (sulfide) groups is 1. The molecular weight excluding hydrogens is 192 g/mol. The van der Waals surface area contributed by atoms with Crippen LogP contribution < -0.4 is 0 Å². The summed E-state index contributed by atoms with van der Waals surface area (Å²) in [7, 11) is 0. The lowest BCUT2D eigenvalue weighted by molar-refractivity contribution is 0.236. The molecule has 1 atom stereocenters. The van der Waals surface area contributed by atoms with Crippen LogP contribution in [0, 0.1) is 0 Å². The molecule has 0 bridgehead atoms. The van der Waals surface area contributed by atoms with E-state index in [9.17, 15) is 5.11 Å². The van der Waals surface area contributed by atoms with Crippen LogP contribution in [0.3, 0.4) is 0 Å². The number of benzene rings is 1. The molecule has 1 aliphatic heterocycles. The van der Waals surface area contributed by atoms with Gasteiger partial charge in [-0.3, -0.25) is 0 Å². The van der Waals surface area contributed by atoms with Crippen LogP contribution in [-0.2, 0) is 4.75 Å². The molecule has 2 rings (SSSR count). The van der Waals surface area contributed by atoms with Crippen molar-refractivity contribution in [1.82, 2.24) is 0 Å². The van der Waals surface area contributed by atoms with Gasteiger partial charge >= 0.3 is 0 Å². The highest BCUT2D eigenvalue weighted by atomic mass is 32.2. The molecule has 14 heavy (non-hydrogen) atoms. The summed E-state index contributed by atoms with van der Waals surface area (Å²) >= 11 is 1.91. The highest BCUT2D eigenvalue weighted by Gasteiger charge is 2.33. The molecule has 1 aromatic carbocycles. The Balaban J connectivity index is 2.27. The summed E-state index contributed by atoms with van der Waals surface area (Å²) in [5.41, 5.74) is 1.28. The van der Waals surface area contributed by atoms with E-state index in [0.29, 0.717) is 0 Å². The number of hydrogen-bond donors (Lipinski definition) is 1. The lowest BCUT2D eigenvalue weighted by atomic mass is 9.93. The van der Waals surface area contributed by atoms with Gasteiger partial charge in [-0.1, -0.05) is 36.8 Å². The Labute approximate surface area is 89.5 Å². The van der Waals surface area contributed by atoms with Gasteiger partial charge in [0.2, 0.25) is 0 Å². The summed E-state index contributed by atoms with van der Waals surface area (Å²) in [4.78, 5) is 0. The summed E-state index contributed by atoms with van der Waals surface area (Å²) in [6.45, 7) is 0.266. The molecule has 0 spiro atoms. The number of rotatable bonds is 2. The van der Waals surface area contributed by atoms with Crippen molar-refractivity contribution in [2.75, 3.05) is 12.4 Å². The van der Waals surface area contributed by atoms with E-state index in [1.165, 1.54) is 24.2 Å². The average molecular weight is 208 g/mol. The minimum Gasteiger partial charge on any atom is -0.395 e. The highest BCUT2D eigenvalue weighted by Crippen LogP contribution is 2.44. The van der Waals surface area contributed by atoms with Crippen molar-refractivity contribution in [3.05, 3.63) is 35.9 Å². The molecule has 76 valence electrons. The van der Waals surface area contributed by atoms with E-state index in [2.05, 4.69) is 24.3 Å². The highest BCUT2D eigenvalue weighted by molar-refractivity contribution is 8.00. The maximum atomic E-state index is 9.57. The van der Waals surface area contributed by atoms with Gasteiger partial charge < -0.3 is 5.11 Å². The molecule has 1 N–H and O–H groups in total. The van der Waals surface area contributed by atoms with E-state index in [4.69, 9.17) is 0 Å². The SMILES string of the molecule is OC[C@@]1(c2ccccc2)CCCCS1. The Bertz CT molecular complexity index is 278. The minimum absolute atomic E-state index is 0.0144. The van der Waals surface area contributed by atoms with E-state index in [1.54, 1.807) is 0 Å². The van der Waals surface area contributed by atoms with Crippen LogP contribution in [0.1, 0.15) is 24.8 Å². The molecule has 1 nitrogen and oxygen atoms in total. The molecule has 2 heteroatoms. The molecule has 0 unspecified atom stereocenters. The number of hydrogen-bond acceptors (Lipinski definition) is 2. The van der Waals surface area contributed by atoms with Crippen LogP contribution in [0.2, 0.25) is 0 Å². The standard InChI is InChI=1S/C12H16OS/c13-10-12(8-4-5-9-14-12)11-6-2-1-3-7-11/h1-3,6-7,13H,4-5,8-10H2/t12-/m1/s1. The monoisotopic (exact) mass is 208 g/mol. The van der Waals surface area contributed by atoms with Gasteiger partial charge in [0.1, 0.15) is 0 Å². The third-order valence-electron chi connectivity index (χ3n) is 2.91. The van der Waals surface area contributed by atoms with E-state index < -0.39 is 0 Å². The molecule has 0 aromatic heterocycles. The molecule has 1 heterocycles. The number of aliphatic hydroxyl groups excluding tert-OH is 1. The Kier molecular flexibility index (Phi) is 3.14. The van der Waals surface area contributed by atoms with Crippen LogP contribution in [0.15, 0.2) is 30.3 Å². The van der Waals surface area contributed by atoms with Crippen molar-refractivity contribution in [3.63, 3.8) is 0 Å². The molecule has 0 aliphatic carbocycles. The summed E-state index contributed by atoms with van der Waals surface area (Å²) in [6, 6.07) is 10.4. The van der Waals surface area contributed by atoms with Gasteiger partial charge in [-0.25, -0.2) is 0 Å². The van der Waals surface area contributed by atoms with Gasteiger partial charge in [0.05, 0.1) is 11.4 Å². The quantitative estimate of drug-likeness (QED) is 0.806. The van der Waals surface area contributed by atoms with Crippen LogP contribution in [0.5, 0.6) is 0 Å². The van der Waals surface area contributed by atoms with E-state index in [-0.39, 0.29) is 11.4 Å². The Morgan fingerprint density at radius 2 is 2.00 bits per heavy atom. The summed E-state index contributed by atoms with van der Waals surface area (Å²) in [6.07, 6.45) is 3.64. The predicted molar refractivity (Wildman–Crippen MR) is 61.5 cm³/mol. The van der Waals surface area contributed by atoms with Gasteiger partial charge in [-0.05, 0) is 24.2 Å².